The zero-order chi connectivity index (χ0) is 23.0. The van der Waals surface area contributed by atoms with Gasteiger partial charge >= 0.3 is 6.18 Å². The fraction of sp³-hybridized carbons (Fsp3) is 0.0833. The van der Waals surface area contributed by atoms with Crippen molar-refractivity contribution in [1.82, 2.24) is 0 Å². The highest BCUT2D eigenvalue weighted by Crippen LogP contribution is 2.35. The standard InChI is InChI=1S/C24H16F4N2O2/c1-14-5-7-15(8-6-14)20-21(29-18-4-2-3-16(13-18)24(26,27)28)23(32)30(22(20)31)19-11-9-17(25)10-12-19/h2-13,29H,1H3. The van der Waals surface area contributed by atoms with Crippen LogP contribution in [-0.2, 0) is 15.8 Å². The van der Waals surface area contributed by atoms with Crippen LogP contribution in [0.25, 0.3) is 5.57 Å². The molecule has 0 fully saturated rings. The summed E-state index contributed by atoms with van der Waals surface area (Å²) < 4.78 is 52.7. The molecule has 32 heavy (non-hydrogen) atoms. The van der Waals surface area contributed by atoms with Gasteiger partial charge in [-0.25, -0.2) is 9.29 Å². The van der Waals surface area contributed by atoms with Crippen LogP contribution in [0.4, 0.5) is 28.9 Å². The van der Waals surface area contributed by atoms with E-state index < -0.39 is 29.4 Å². The first-order valence-electron chi connectivity index (χ1n) is 9.55. The Balaban J connectivity index is 1.81. The number of halogens is 4. The smallest absolute Gasteiger partial charge is 0.350 e. The van der Waals surface area contributed by atoms with Gasteiger partial charge in [-0.1, -0.05) is 35.9 Å². The number of aryl methyl sites for hydroxylation is 1. The highest BCUT2D eigenvalue weighted by Gasteiger charge is 2.40. The number of hydrogen-bond donors (Lipinski definition) is 1. The summed E-state index contributed by atoms with van der Waals surface area (Å²) in [5, 5.41) is 2.70. The van der Waals surface area contributed by atoms with E-state index in [1.807, 2.05) is 6.92 Å². The van der Waals surface area contributed by atoms with E-state index in [0.717, 1.165) is 34.7 Å². The number of anilines is 2. The maximum absolute atomic E-state index is 13.3. The summed E-state index contributed by atoms with van der Waals surface area (Å²) in [7, 11) is 0. The summed E-state index contributed by atoms with van der Waals surface area (Å²) in [4.78, 5) is 27.3. The molecule has 1 heterocycles. The number of carbonyl (C=O) groups excluding carboxylic acids is 2. The molecule has 2 amide bonds. The Bertz CT molecular complexity index is 1230. The fourth-order valence-corrected chi connectivity index (χ4v) is 3.38. The highest BCUT2D eigenvalue weighted by atomic mass is 19.4. The zero-order valence-corrected chi connectivity index (χ0v) is 16.7. The molecule has 1 aliphatic rings. The van der Waals surface area contributed by atoms with Crippen molar-refractivity contribution < 1.29 is 27.2 Å². The van der Waals surface area contributed by atoms with Crippen LogP contribution in [0, 0.1) is 12.7 Å². The maximum atomic E-state index is 13.3. The fourth-order valence-electron chi connectivity index (χ4n) is 3.38. The number of hydrogen-bond acceptors (Lipinski definition) is 3. The van der Waals surface area contributed by atoms with Crippen molar-refractivity contribution in [3.63, 3.8) is 0 Å². The topological polar surface area (TPSA) is 49.4 Å². The van der Waals surface area contributed by atoms with Crippen molar-refractivity contribution in [2.75, 3.05) is 10.2 Å². The van der Waals surface area contributed by atoms with Crippen LogP contribution in [0.2, 0.25) is 0 Å². The van der Waals surface area contributed by atoms with Crippen molar-refractivity contribution in [3.8, 4) is 0 Å². The van der Waals surface area contributed by atoms with Crippen LogP contribution >= 0.6 is 0 Å². The normalized spacial score (nSPS) is 14.3. The summed E-state index contributed by atoms with van der Waals surface area (Å²) in [5.74, 6) is -1.96. The molecule has 3 aromatic rings. The first-order chi connectivity index (χ1) is 15.1. The Kier molecular flexibility index (Phi) is 5.30. The third-order valence-corrected chi connectivity index (χ3v) is 4.97. The molecule has 4 nitrogen and oxygen atoms in total. The monoisotopic (exact) mass is 440 g/mol. The van der Waals surface area contributed by atoms with E-state index in [0.29, 0.717) is 5.56 Å². The first-order valence-corrected chi connectivity index (χ1v) is 9.55. The van der Waals surface area contributed by atoms with Crippen molar-refractivity contribution in [1.29, 1.82) is 0 Å². The minimum Gasteiger partial charge on any atom is -0.350 e. The van der Waals surface area contributed by atoms with Gasteiger partial charge in [-0.15, -0.1) is 0 Å². The number of alkyl halides is 3. The molecule has 162 valence electrons. The molecule has 4 rings (SSSR count). The van der Waals surface area contributed by atoms with Crippen molar-refractivity contribution in [2.45, 2.75) is 13.1 Å². The van der Waals surface area contributed by atoms with Gasteiger partial charge in [0.1, 0.15) is 11.5 Å². The number of nitrogens with one attached hydrogen (secondary N) is 1. The number of nitrogens with zero attached hydrogens (tertiary/aromatic N) is 1. The van der Waals surface area contributed by atoms with Crippen LogP contribution in [0.15, 0.2) is 78.5 Å². The summed E-state index contributed by atoms with van der Waals surface area (Å²) in [6, 6.07) is 15.9. The number of benzene rings is 3. The predicted molar refractivity (Wildman–Crippen MR) is 112 cm³/mol. The van der Waals surface area contributed by atoms with Crippen molar-refractivity contribution >= 4 is 28.8 Å². The van der Waals surface area contributed by atoms with E-state index in [1.165, 1.54) is 24.3 Å². The molecule has 0 radical (unpaired) electrons. The van der Waals surface area contributed by atoms with Crippen LogP contribution in [0.5, 0.6) is 0 Å². The van der Waals surface area contributed by atoms with Crippen molar-refractivity contribution in [2.24, 2.45) is 0 Å². The Labute approximate surface area is 180 Å². The lowest BCUT2D eigenvalue weighted by molar-refractivity contribution is -0.137. The minimum atomic E-state index is -4.57. The van der Waals surface area contributed by atoms with E-state index in [9.17, 15) is 27.2 Å². The third-order valence-electron chi connectivity index (χ3n) is 4.97. The Morgan fingerprint density at radius 3 is 2.12 bits per heavy atom. The molecule has 1 N–H and O–H groups in total. The first kappa shape index (κ1) is 21.3. The molecular formula is C24H16F4N2O2. The molecule has 0 saturated heterocycles. The van der Waals surface area contributed by atoms with Crippen LogP contribution in [0.3, 0.4) is 0 Å². The van der Waals surface area contributed by atoms with E-state index in [4.69, 9.17) is 0 Å². The third kappa shape index (κ3) is 3.99. The number of carbonyl (C=O) groups is 2. The number of amides is 2. The Morgan fingerprint density at radius 2 is 1.50 bits per heavy atom. The van der Waals surface area contributed by atoms with Gasteiger partial charge in [0, 0.05) is 5.69 Å². The molecule has 0 saturated carbocycles. The van der Waals surface area contributed by atoms with Crippen LogP contribution in [-0.4, -0.2) is 11.8 Å². The lowest BCUT2D eigenvalue weighted by atomic mass is 10.0. The van der Waals surface area contributed by atoms with E-state index in [-0.39, 0.29) is 22.6 Å². The second kappa shape index (κ2) is 7.96. The van der Waals surface area contributed by atoms with Gasteiger partial charge in [-0.3, -0.25) is 9.59 Å². The Hall–Kier alpha value is -3.94. The predicted octanol–water partition coefficient (Wildman–Crippen LogP) is 5.55. The highest BCUT2D eigenvalue weighted by molar-refractivity contribution is 6.46. The summed E-state index contributed by atoms with van der Waals surface area (Å²) in [6.07, 6.45) is -4.57. The molecule has 0 atom stereocenters. The molecule has 0 aromatic heterocycles. The molecule has 8 heteroatoms. The van der Waals surface area contributed by atoms with E-state index in [1.54, 1.807) is 24.3 Å². The van der Waals surface area contributed by atoms with E-state index >= 15 is 0 Å². The molecule has 0 bridgehead atoms. The van der Waals surface area contributed by atoms with Gasteiger partial charge < -0.3 is 5.32 Å². The molecular weight excluding hydrogens is 424 g/mol. The number of imide groups is 1. The maximum Gasteiger partial charge on any atom is 0.416 e. The quantitative estimate of drug-likeness (QED) is 0.428. The minimum absolute atomic E-state index is 0.00143. The molecule has 0 spiro atoms. The molecule has 0 aliphatic carbocycles. The summed E-state index contributed by atoms with van der Waals surface area (Å²) in [6.45, 7) is 1.85. The average molecular weight is 440 g/mol. The second-order valence-corrected chi connectivity index (χ2v) is 7.24. The lowest BCUT2D eigenvalue weighted by Gasteiger charge is -2.15. The van der Waals surface area contributed by atoms with Gasteiger partial charge in [-0.2, -0.15) is 13.2 Å². The lowest BCUT2D eigenvalue weighted by Crippen LogP contribution is -2.32. The molecule has 0 unspecified atom stereocenters. The van der Waals surface area contributed by atoms with E-state index in [2.05, 4.69) is 5.32 Å². The Morgan fingerprint density at radius 1 is 0.844 bits per heavy atom. The van der Waals surface area contributed by atoms with Gasteiger partial charge in [0.05, 0.1) is 16.8 Å². The van der Waals surface area contributed by atoms with Crippen LogP contribution in [0.1, 0.15) is 16.7 Å². The summed E-state index contributed by atoms with van der Waals surface area (Å²) in [5.41, 5.74) is 0.446. The number of rotatable bonds is 4. The molecule has 3 aromatic carbocycles. The zero-order valence-electron chi connectivity index (χ0n) is 16.7. The SMILES string of the molecule is Cc1ccc(C2=C(Nc3cccc(C(F)(F)F)c3)C(=O)N(c3ccc(F)cc3)C2=O)cc1. The second-order valence-electron chi connectivity index (χ2n) is 7.24. The molecule has 1 aliphatic heterocycles. The average Bonchev–Trinajstić information content (AvgIpc) is 2.99. The van der Waals surface area contributed by atoms with Crippen LogP contribution < -0.4 is 10.2 Å². The van der Waals surface area contributed by atoms with Gasteiger partial charge in [0.2, 0.25) is 0 Å². The van der Waals surface area contributed by atoms with Gasteiger partial charge in [0.25, 0.3) is 11.8 Å². The summed E-state index contributed by atoms with van der Waals surface area (Å²) >= 11 is 0. The van der Waals surface area contributed by atoms with Crippen molar-refractivity contribution in [3.05, 3.63) is 101 Å². The largest absolute Gasteiger partial charge is 0.416 e. The van der Waals surface area contributed by atoms with Gasteiger partial charge in [-0.05, 0) is 55.0 Å². The van der Waals surface area contributed by atoms with Gasteiger partial charge in [0.15, 0.2) is 0 Å².